The summed E-state index contributed by atoms with van der Waals surface area (Å²) >= 11 is 0. The van der Waals surface area contributed by atoms with Crippen molar-refractivity contribution in [2.45, 2.75) is 0 Å². The van der Waals surface area contributed by atoms with Gasteiger partial charge in [0, 0.05) is 30.6 Å². The fourth-order valence-corrected chi connectivity index (χ4v) is 1.81. The topological polar surface area (TPSA) is 89.5 Å². The molecular formula is C14H12FN3O3. The monoisotopic (exact) mass is 289 g/mol. The average Bonchev–Trinajstić information content (AvgIpc) is 2.48. The molecule has 0 heterocycles. The Kier molecular flexibility index (Phi) is 3.84. The third-order valence-electron chi connectivity index (χ3n) is 3.00. The van der Waals surface area contributed by atoms with E-state index in [0.29, 0.717) is 5.69 Å². The number of nitro benzene ring substituents is 1. The number of carbonyl (C=O) groups excluding carboxylic acids is 1. The van der Waals surface area contributed by atoms with Crippen molar-refractivity contribution >= 4 is 23.0 Å². The van der Waals surface area contributed by atoms with Crippen molar-refractivity contribution in [1.29, 1.82) is 0 Å². The van der Waals surface area contributed by atoms with E-state index in [1.165, 1.54) is 42.3 Å². The SMILES string of the molecule is CN(C(=O)c1cc(F)ccc1N)c1ccc([N+](=O)[O-])cc1. The molecule has 21 heavy (non-hydrogen) atoms. The summed E-state index contributed by atoms with van der Waals surface area (Å²) < 4.78 is 13.2. The van der Waals surface area contributed by atoms with E-state index in [1.54, 1.807) is 0 Å². The van der Waals surface area contributed by atoms with Crippen LogP contribution in [0.3, 0.4) is 0 Å². The quantitative estimate of drug-likeness (QED) is 0.534. The van der Waals surface area contributed by atoms with Crippen molar-refractivity contribution in [3.8, 4) is 0 Å². The van der Waals surface area contributed by atoms with Crippen molar-refractivity contribution < 1.29 is 14.1 Å². The zero-order chi connectivity index (χ0) is 15.6. The molecule has 0 spiro atoms. The molecule has 1 amide bonds. The summed E-state index contributed by atoms with van der Waals surface area (Å²) in [5.74, 6) is -1.06. The number of amides is 1. The number of rotatable bonds is 3. The molecule has 0 aliphatic heterocycles. The number of non-ortho nitro benzene ring substituents is 1. The molecule has 6 nitrogen and oxygen atoms in total. The van der Waals surface area contributed by atoms with Crippen LogP contribution in [0.5, 0.6) is 0 Å². The second kappa shape index (κ2) is 5.58. The van der Waals surface area contributed by atoms with Gasteiger partial charge < -0.3 is 10.6 Å². The lowest BCUT2D eigenvalue weighted by Crippen LogP contribution is -2.27. The number of nitrogens with zero attached hydrogens (tertiary/aromatic N) is 2. The first kappa shape index (κ1) is 14.4. The summed E-state index contributed by atoms with van der Waals surface area (Å²) in [6.07, 6.45) is 0. The number of nitrogens with two attached hydrogens (primary N) is 1. The Hall–Kier alpha value is -2.96. The van der Waals surface area contributed by atoms with E-state index in [0.717, 1.165) is 12.1 Å². The molecule has 0 aliphatic carbocycles. The summed E-state index contributed by atoms with van der Waals surface area (Å²) in [4.78, 5) is 23.6. The fraction of sp³-hybridized carbons (Fsp3) is 0.0714. The minimum Gasteiger partial charge on any atom is -0.398 e. The molecule has 7 heteroatoms. The fourth-order valence-electron chi connectivity index (χ4n) is 1.81. The third kappa shape index (κ3) is 2.97. The number of nitro groups is 1. The molecule has 0 bridgehead atoms. The maximum absolute atomic E-state index is 13.2. The number of hydrogen-bond acceptors (Lipinski definition) is 4. The Morgan fingerprint density at radius 1 is 1.24 bits per heavy atom. The maximum Gasteiger partial charge on any atom is 0.269 e. The van der Waals surface area contributed by atoms with Crippen LogP contribution in [0.15, 0.2) is 42.5 Å². The van der Waals surface area contributed by atoms with Crippen LogP contribution in [0, 0.1) is 15.9 Å². The number of anilines is 2. The van der Waals surface area contributed by atoms with E-state index in [9.17, 15) is 19.3 Å². The van der Waals surface area contributed by atoms with Gasteiger partial charge in [0.1, 0.15) is 5.82 Å². The molecule has 2 rings (SSSR count). The van der Waals surface area contributed by atoms with Crippen molar-refractivity contribution in [3.63, 3.8) is 0 Å². The summed E-state index contributed by atoms with van der Waals surface area (Å²) in [7, 11) is 1.48. The van der Waals surface area contributed by atoms with Gasteiger partial charge in [-0.15, -0.1) is 0 Å². The minimum atomic E-state index is -0.565. The summed E-state index contributed by atoms with van der Waals surface area (Å²) in [6.45, 7) is 0. The molecule has 0 radical (unpaired) electrons. The van der Waals surface area contributed by atoms with Gasteiger partial charge in [0.15, 0.2) is 0 Å². The Balaban J connectivity index is 2.30. The smallest absolute Gasteiger partial charge is 0.269 e. The van der Waals surface area contributed by atoms with Crippen LogP contribution in [-0.4, -0.2) is 17.9 Å². The largest absolute Gasteiger partial charge is 0.398 e. The molecule has 2 N–H and O–H groups in total. The van der Waals surface area contributed by atoms with Gasteiger partial charge in [-0.05, 0) is 30.3 Å². The van der Waals surface area contributed by atoms with E-state index in [4.69, 9.17) is 5.73 Å². The van der Waals surface area contributed by atoms with Gasteiger partial charge in [0.25, 0.3) is 11.6 Å². The third-order valence-corrected chi connectivity index (χ3v) is 3.00. The van der Waals surface area contributed by atoms with E-state index in [2.05, 4.69) is 0 Å². The lowest BCUT2D eigenvalue weighted by atomic mass is 10.1. The first-order valence-corrected chi connectivity index (χ1v) is 5.97. The Bertz CT molecular complexity index is 701. The highest BCUT2D eigenvalue weighted by Crippen LogP contribution is 2.22. The first-order chi connectivity index (χ1) is 9.90. The molecule has 0 saturated carbocycles. The molecule has 2 aromatic carbocycles. The van der Waals surface area contributed by atoms with Gasteiger partial charge in [-0.2, -0.15) is 0 Å². The standard InChI is InChI=1S/C14H12FN3O3/c1-17(10-3-5-11(6-4-10)18(20)21)14(19)12-8-9(15)2-7-13(12)16/h2-8H,16H2,1H3. The molecule has 0 atom stereocenters. The summed E-state index contributed by atoms with van der Waals surface area (Å²) in [5, 5.41) is 10.6. The molecule has 0 unspecified atom stereocenters. The van der Waals surface area contributed by atoms with Crippen molar-refractivity contribution in [2.75, 3.05) is 17.7 Å². The van der Waals surface area contributed by atoms with Gasteiger partial charge >= 0.3 is 0 Å². The minimum absolute atomic E-state index is 0.0378. The van der Waals surface area contributed by atoms with Crippen molar-refractivity contribution in [2.24, 2.45) is 0 Å². The van der Waals surface area contributed by atoms with Gasteiger partial charge in [-0.3, -0.25) is 14.9 Å². The van der Waals surface area contributed by atoms with Gasteiger partial charge in [-0.25, -0.2) is 4.39 Å². The molecule has 2 aromatic rings. The van der Waals surface area contributed by atoms with Crippen LogP contribution in [0.2, 0.25) is 0 Å². The van der Waals surface area contributed by atoms with E-state index >= 15 is 0 Å². The van der Waals surface area contributed by atoms with Crippen molar-refractivity contribution in [1.82, 2.24) is 0 Å². The van der Waals surface area contributed by atoms with Gasteiger partial charge in [0.05, 0.1) is 10.5 Å². The first-order valence-electron chi connectivity index (χ1n) is 5.97. The average molecular weight is 289 g/mol. The number of halogens is 1. The molecule has 0 aromatic heterocycles. The zero-order valence-electron chi connectivity index (χ0n) is 11.1. The number of hydrogen-bond donors (Lipinski definition) is 1. The van der Waals surface area contributed by atoms with E-state index < -0.39 is 16.6 Å². The van der Waals surface area contributed by atoms with Crippen LogP contribution >= 0.6 is 0 Å². The molecule has 0 fully saturated rings. The highest BCUT2D eigenvalue weighted by molar-refractivity contribution is 6.09. The zero-order valence-corrected chi connectivity index (χ0v) is 11.1. The second-order valence-electron chi connectivity index (χ2n) is 4.37. The second-order valence-corrected chi connectivity index (χ2v) is 4.37. The Labute approximate surface area is 119 Å². The number of carbonyl (C=O) groups is 1. The highest BCUT2D eigenvalue weighted by Gasteiger charge is 2.17. The predicted octanol–water partition coefficient (Wildman–Crippen LogP) is 2.59. The summed E-state index contributed by atoms with van der Waals surface area (Å²) in [6, 6.07) is 8.98. The van der Waals surface area contributed by atoms with Crippen LogP contribution in [-0.2, 0) is 0 Å². The van der Waals surface area contributed by atoms with Crippen LogP contribution in [0.25, 0.3) is 0 Å². The highest BCUT2D eigenvalue weighted by atomic mass is 19.1. The van der Waals surface area contributed by atoms with Gasteiger partial charge in [0.2, 0.25) is 0 Å². The van der Waals surface area contributed by atoms with Gasteiger partial charge in [-0.1, -0.05) is 0 Å². The number of nitrogen functional groups attached to an aromatic ring is 1. The molecule has 108 valence electrons. The van der Waals surface area contributed by atoms with Crippen molar-refractivity contribution in [3.05, 3.63) is 64.0 Å². The Morgan fingerprint density at radius 2 is 1.86 bits per heavy atom. The summed E-state index contributed by atoms with van der Waals surface area (Å²) in [5.41, 5.74) is 6.23. The maximum atomic E-state index is 13.2. The molecule has 0 saturated heterocycles. The Morgan fingerprint density at radius 3 is 2.43 bits per heavy atom. The lowest BCUT2D eigenvalue weighted by molar-refractivity contribution is -0.384. The van der Waals surface area contributed by atoms with E-state index in [-0.39, 0.29) is 16.9 Å². The predicted molar refractivity (Wildman–Crippen MR) is 76.6 cm³/mol. The van der Waals surface area contributed by atoms with Crippen LogP contribution in [0.4, 0.5) is 21.5 Å². The lowest BCUT2D eigenvalue weighted by Gasteiger charge is -2.18. The van der Waals surface area contributed by atoms with Crippen LogP contribution in [0.1, 0.15) is 10.4 Å². The van der Waals surface area contributed by atoms with Crippen LogP contribution < -0.4 is 10.6 Å². The number of benzene rings is 2. The molecule has 0 aliphatic rings. The normalized spacial score (nSPS) is 10.2. The van der Waals surface area contributed by atoms with E-state index in [1.807, 2.05) is 0 Å². The molecular weight excluding hydrogens is 277 g/mol.